The van der Waals surface area contributed by atoms with Crippen LogP contribution in [0.4, 0.5) is 0 Å². The maximum absolute atomic E-state index is 9.16. The first-order valence-corrected chi connectivity index (χ1v) is 5.89. The van der Waals surface area contributed by atoms with E-state index >= 15 is 0 Å². The fourth-order valence-corrected chi connectivity index (χ4v) is 1.89. The van der Waals surface area contributed by atoms with E-state index in [1.807, 2.05) is 12.1 Å². The summed E-state index contributed by atoms with van der Waals surface area (Å²) >= 11 is 0. The molecule has 0 radical (unpaired) electrons. The Hall–Kier alpha value is -1.10. The normalized spacial score (nSPS) is 16.8. The van der Waals surface area contributed by atoms with Crippen molar-refractivity contribution >= 4 is 0 Å². The van der Waals surface area contributed by atoms with Crippen molar-refractivity contribution in [1.29, 1.82) is 0 Å². The van der Waals surface area contributed by atoms with Gasteiger partial charge in [0.15, 0.2) is 6.79 Å². The molecule has 0 aromatic heterocycles. The maximum Gasteiger partial charge on any atom is 0.188 e. The fourth-order valence-electron chi connectivity index (χ4n) is 1.89. The van der Waals surface area contributed by atoms with Crippen LogP contribution in [0, 0.1) is 0 Å². The van der Waals surface area contributed by atoms with E-state index in [2.05, 4.69) is 17.0 Å². The van der Waals surface area contributed by atoms with Crippen LogP contribution >= 0.6 is 0 Å². The molecule has 0 spiro atoms. The van der Waals surface area contributed by atoms with Crippen molar-refractivity contribution in [3.63, 3.8) is 0 Å². The topological polar surface area (TPSA) is 41.9 Å². The molecule has 94 valence electrons. The number of rotatable bonds is 6. The minimum absolute atomic E-state index is 0.111. The highest BCUT2D eigenvalue weighted by molar-refractivity contribution is 5.27. The molecule has 0 saturated carbocycles. The lowest BCUT2D eigenvalue weighted by Crippen LogP contribution is -2.51. The number of nitrogens with zero attached hydrogens (tertiary/aromatic N) is 1. The SMILES string of the molecule is COCOc1ccc(CCN2CC(O)C2)cc1. The Morgan fingerprint density at radius 1 is 1.29 bits per heavy atom. The summed E-state index contributed by atoms with van der Waals surface area (Å²) in [6, 6.07) is 8.06. The third-order valence-corrected chi connectivity index (χ3v) is 2.92. The summed E-state index contributed by atoms with van der Waals surface area (Å²) in [6.07, 6.45) is 0.900. The van der Waals surface area contributed by atoms with Crippen LogP contribution in [0.15, 0.2) is 24.3 Å². The summed E-state index contributed by atoms with van der Waals surface area (Å²) in [5.41, 5.74) is 1.29. The average molecular weight is 237 g/mol. The number of likely N-dealkylation sites (tertiary alicyclic amines) is 1. The molecule has 0 atom stereocenters. The minimum atomic E-state index is -0.111. The zero-order valence-corrected chi connectivity index (χ0v) is 10.1. The van der Waals surface area contributed by atoms with E-state index in [0.29, 0.717) is 0 Å². The van der Waals surface area contributed by atoms with Gasteiger partial charge in [-0.05, 0) is 24.1 Å². The van der Waals surface area contributed by atoms with Crippen LogP contribution < -0.4 is 4.74 Å². The molecule has 0 aliphatic carbocycles. The first-order valence-electron chi connectivity index (χ1n) is 5.89. The molecule has 1 saturated heterocycles. The third-order valence-electron chi connectivity index (χ3n) is 2.92. The van der Waals surface area contributed by atoms with Gasteiger partial charge in [-0.3, -0.25) is 4.90 Å². The highest BCUT2D eigenvalue weighted by atomic mass is 16.7. The fraction of sp³-hybridized carbons (Fsp3) is 0.538. The van der Waals surface area contributed by atoms with Gasteiger partial charge < -0.3 is 14.6 Å². The van der Waals surface area contributed by atoms with E-state index in [9.17, 15) is 0 Å². The Morgan fingerprint density at radius 2 is 2.00 bits per heavy atom. The lowest BCUT2D eigenvalue weighted by molar-refractivity contribution is 0.00310. The Bertz CT molecular complexity index is 333. The number of ether oxygens (including phenoxy) is 2. The number of β-amino-alcohol motifs (C(OH)–C–C–N with tert-alkyl or cyclic N) is 1. The molecule has 1 aliphatic heterocycles. The van der Waals surface area contributed by atoms with Crippen molar-refractivity contribution in [2.24, 2.45) is 0 Å². The number of benzene rings is 1. The summed E-state index contributed by atoms with van der Waals surface area (Å²) in [5.74, 6) is 0.829. The summed E-state index contributed by atoms with van der Waals surface area (Å²) in [4.78, 5) is 2.25. The Labute approximate surface area is 102 Å². The summed E-state index contributed by atoms with van der Waals surface area (Å²) in [6.45, 7) is 2.92. The standard InChI is InChI=1S/C13H19NO3/c1-16-10-17-13-4-2-11(3-5-13)6-7-14-8-12(15)9-14/h2-5,12,15H,6-10H2,1H3. The zero-order chi connectivity index (χ0) is 12.1. The molecule has 1 N–H and O–H groups in total. The van der Waals surface area contributed by atoms with Crippen LogP contribution in [-0.2, 0) is 11.2 Å². The molecule has 0 bridgehead atoms. The number of hydrogen-bond acceptors (Lipinski definition) is 4. The second-order valence-electron chi connectivity index (χ2n) is 4.36. The second kappa shape index (κ2) is 6.00. The van der Waals surface area contributed by atoms with Gasteiger partial charge in [-0.15, -0.1) is 0 Å². The number of methoxy groups -OCH3 is 1. The van der Waals surface area contributed by atoms with Crippen molar-refractivity contribution in [2.75, 3.05) is 33.5 Å². The van der Waals surface area contributed by atoms with Crippen LogP contribution in [-0.4, -0.2) is 49.6 Å². The van der Waals surface area contributed by atoms with Crippen LogP contribution in [0.25, 0.3) is 0 Å². The molecule has 1 aromatic carbocycles. The highest BCUT2D eigenvalue weighted by Gasteiger charge is 2.23. The molecule has 1 aliphatic rings. The molecule has 2 rings (SSSR count). The number of aliphatic hydroxyl groups excluding tert-OH is 1. The van der Waals surface area contributed by atoms with Crippen molar-refractivity contribution in [1.82, 2.24) is 4.90 Å². The van der Waals surface area contributed by atoms with Gasteiger partial charge in [-0.25, -0.2) is 0 Å². The molecule has 0 amide bonds. The van der Waals surface area contributed by atoms with Crippen molar-refractivity contribution in [2.45, 2.75) is 12.5 Å². The van der Waals surface area contributed by atoms with Gasteiger partial charge in [-0.2, -0.15) is 0 Å². The van der Waals surface area contributed by atoms with Gasteiger partial charge in [0.1, 0.15) is 5.75 Å². The summed E-state index contributed by atoms with van der Waals surface area (Å²) in [5, 5.41) is 9.16. The molecule has 17 heavy (non-hydrogen) atoms. The lowest BCUT2D eigenvalue weighted by atomic mass is 10.1. The Morgan fingerprint density at radius 3 is 2.59 bits per heavy atom. The molecule has 4 nitrogen and oxygen atoms in total. The second-order valence-corrected chi connectivity index (χ2v) is 4.36. The monoisotopic (exact) mass is 237 g/mol. The largest absolute Gasteiger partial charge is 0.468 e. The predicted octanol–water partition coefficient (Wildman–Crippen LogP) is 0.888. The summed E-state index contributed by atoms with van der Waals surface area (Å²) < 4.78 is 10.2. The van der Waals surface area contributed by atoms with E-state index in [4.69, 9.17) is 14.6 Å². The third kappa shape index (κ3) is 3.70. The minimum Gasteiger partial charge on any atom is -0.468 e. The molecular weight excluding hydrogens is 218 g/mol. The lowest BCUT2D eigenvalue weighted by Gasteiger charge is -2.35. The van der Waals surface area contributed by atoms with E-state index in [0.717, 1.165) is 31.8 Å². The molecule has 1 fully saturated rings. The number of aliphatic hydroxyl groups is 1. The quantitative estimate of drug-likeness (QED) is 0.746. The molecule has 4 heteroatoms. The molecular formula is C13H19NO3. The van der Waals surface area contributed by atoms with Crippen molar-refractivity contribution in [3.8, 4) is 5.75 Å². The maximum atomic E-state index is 9.16. The average Bonchev–Trinajstić information content (AvgIpc) is 2.32. The van der Waals surface area contributed by atoms with E-state index < -0.39 is 0 Å². The van der Waals surface area contributed by atoms with E-state index in [1.165, 1.54) is 5.56 Å². The van der Waals surface area contributed by atoms with Crippen LogP contribution in [0.5, 0.6) is 5.75 Å². The first kappa shape index (κ1) is 12.4. The molecule has 0 unspecified atom stereocenters. The molecule has 1 aromatic rings. The van der Waals surface area contributed by atoms with E-state index in [-0.39, 0.29) is 12.9 Å². The van der Waals surface area contributed by atoms with Crippen molar-refractivity contribution in [3.05, 3.63) is 29.8 Å². The van der Waals surface area contributed by atoms with Gasteiger partial charge in [-0.1, -0.05) is 12.1 Å². The number of hydrogen-bond donors (Lipinski definition) is 1. The smallest absolute Gasteiger partial charge is 0.188 e. The Balaban J connectivity index is 1.73. The predicted molar refractivity (Wildman–Crippen MR) is 65.1 cm³/mol. The van der Waals surface area contributed by atoms with Gasteiger partial charge in [0, 0.05) is 26.7 Å². The van der Waals surface area contributed by atoms with Gasteiger partial charge >= 0.3 is 0 Å². The van der Waals surface area contributed by atoms with Crippen molar-refractivity contribution < 1.29 is 14.6 Å². The molecule has 1 heterocycles. The van der Waals surface area contributed by atoms with Gasteiger partial charge in [0.2, 0.25) is 0 Å². The van der Waals surface area contributed by atoms with Gasteiger partial charge in [0.25, 0.3) is 0 Å². The Kier molecular flexibility index (Phi) is 4.36. The first-order chi connectivity index (χ1) is 8.28. The van der Waals surface area contributed by atoms with Gasteiger partial charge in [0.05, 0.1) is 6.10 Å². The van der Waals surface area contributed by atoms with Crippen LogP contribution in [0.3, 0.4) is 0 Å². The summed E-state index contributed by atoms with van der Waals surface area (Å²) in [7, 11) is 1.61. The highest BCUT2D eigenvalue weighted by Crippen LogP contribution is 2.14. The van der Waals surface area contributed by atoms with Crippen LogP contribution in [0.1, 0.15) is 5.56 Å². The van der Waals surface area contributed by atoms with E-state index in [1.54, 1.807) is 7.11 Å². The zero-order valence-electron chi connectivity index (χ0n) is 10.1. The van der Waals surface area contributed by atoms with Crippen LogP contribution in [0.2, 0.25) is 0 Å².